The molecule has 2 heterocycles. The van der Waals surface area contributed by atoms with Gasteiger partial charge in [-0.1, -0.05) is 12.1 Å². The van der Waals surface area contributed by atoms with Gasteiger partial charge in [-0.2, -0.15) is 0 Å². The predicted octanol–water partition coefficient (Wildman–Crippen LogP) is 2.15. The third kappa shape index (κ3) is 3.55. The maximum Gasteiger partial charge on any atom is 0.240 e. The molecule has 7 heteroatoms. The average molecular weight is 337 g/mol. The lowest BCUT2D eigenvalue weighted by molar-refractivity contribution is 0.428. The summed E-state index contributed by atoms with van der Waals surface area (Å²) in [5, 5.41) is 6.02. The molecule has 3 rings (SSSR count). The molecule has 118 valence electrons. The van der Waals surface area contributed by atoms with E-state index in [0.29, 0.717) is 11.4 Å². The number of piperidine rings is 1. The van der Waals surface area contributed by atoms with Crippen molar-refractivity contribution in [3.8, 4) is 10.6 Å². The van der Waals surface area contributed by atoms with Crippen LogP contribution in [0.15, 0.2) is 34.5 Å². The molecule has 22 heavy (non-hydrogen) atoms. The van der Waals surface area contributed by atoms with Crippen LogP contribution in [0.2, 0.25) is 0 Å². The summed E-state index contributed by atoms with van der Waals surface area (Å²) in [6.45, 7) is 3.57. The number of aryl methyl sites for hydroxylation is 1. The lowest BCUT2D eigenvalue weighted by atomic mass is 10.1. The first kappa shape index (κ1) is 15.6. The minimum atomic E-state index is -3.50. The first-order valence-electron chi connectivity index (χ1n) is 7.30. The molecule has 1 aromatic heterocycles. The molecular formula is C15H19N3O2S2. The highest BCUT2D eigenvalue weighted by molar-refractivity contribution is 7.89. The minimum absolute atomic E-state index is 0.0375. The fourth-order valence-electron chi connectivity index (χ4n) is 2.52. The third-order valence-corrected chi connectivity index (χ3v) is 6.16. The van der Waals surface area contributed by atoms with E-state index in [1.165, 1.54) is 11.3 Å². The summed E-state index contributed by atoms with van der Waals surface area (Å²) < 4.78 is 27.9. The van der Waals surface area contributed by atoms with E-state index < -0.39 is 10.0 Å². The van der Waals surface area contributed by atoms with Crippen LogP contribution in [0, 0.1) is 6.92 Å². The summed E-state index contributed by atoms with van der Waals surface area (Å²) in [6, 6.07) is 6.93. The molecule has 0 radical (unpaired) electrons. The van der Waals surface area contributed by atoms with Gasteiger partial charge in [0.05, 0.1) is 4.90 Å². The van der Waals surface area contributed by atoms with E-state index >= 15 is 0 Å². The second-order valence-corrected chi connectivity index (χ2v) is 8.06. The van der Waals surface area contributed by atoms with Crippen molar-refractivity contribution < 1.29 is 8.42 Å². The van der Waals surface area contributed by atoms with Crippen molar-refractivity contribution in [2.24, 2.45) is 0 Å². The van der Waals surface area contributed by atoms with Crippen molar-refractivity contribution in [1.29, 1.82) is 0 Å². The second-order valence-electron chi connectivity index (χ2n) is 5.49. The number of hydrogen-bond acceptors (Lipinski definition) is 5. The van der Waals surface area contributed by atoms with Gasteiger partial charge in [0.2, 0.25) is 10.0 Å². The Morgan fingerprint density at radius 3 is 2.95 bits per heavy atom. The number of benzene rings is 1. The first-order chi connectivity index (χ1) is 10.5. The number of aromatic nitrogens is 1. The number of rotatable bonds is 4. The topological polar surface area (TPSA) is 71.1 Å². The molecule has 0 amide bonds. The van der Waals surface area contributed by atoms with Crippen LogP contribution in [-0.4, -0.2) is 32.5 Å². The normalized spacial score (nSPS) is 19.2. The fraction of sp³-hybridized carbons (Fsp3) is 0.400. The number of hydrogen-bond donors (Lipinski definition) is 2. The Kier molecular flexibility index (Phi) is 4.58. The van der Waals surface area contributed by atoms with Crippen LogP contribution < -0.4 is 10.0 Å². The van der Waals surface area contributed by atoms with Gasteiger partial charge in [0.1, 0.15) is 5.01 Å². The van der Waals surface area contributed by atoms with Crippen molar-refractivity contribution >= 4 is 21.4 Å². The van der Waals surface area contributed by atoms with Crippen LogP contribution in [-0.2, 0) is 10.0 Å². The molecule has 1 aromatic carbocycles. The summed E-state index contributed by atoms with van der Waals surface area (Å²) >= 11 is 1.52. The zero-order chi connectivity index (χ0) is 15.6. The summed E-state index contributed by atoms with van der Waals surface area (Å²) in [5.41, 5.74) is 1.78. The van der Waals surface area contributed by atoms with Gasteiger partial charge in [0.25, 0.3) is 0 Å². The van der Waals surface area contributed by atoms with Crippen molar-refractivity contribution in [3.63, 3.8) is 0 Å². The van der Waals surface area contributed by atoms with Crippen LogP contribution in [0.4, 0.5) is 0 Å². The minimum Gasteiger partial charge on any atom is -0.315 e. The quantitative estimate of drug-likeness (QED) is 0.897. The van der Waals surface area contributed by atoms with Gasteiger partial charge in [-0.05, 0) is 38.4 Å². The van der Waals surface area contributed by atoms with E-state index in [1.807, 2.05) is 18.4 Å². The third-order valence-electron chi connectivity index (χ3n) is 3.63. The number of sulfonamides is 1. The Hall–Kier alpha value is -1.28. The molecule has 0 spiro atoms. The van der Waals surface area contributed by atoms with Gasteiger partial charge in [0, 0.05) is 29.2 Å². The van der Waals surface area contributed by atoms with Crippen LogP contribution in [0.25, 0.3) is 10.6 Å². The SMILES string of the molecule is Cc1csc(-c2cccc(S(=O)(=O)N[C@H]3CCCNC3)c2)n1. The Morgan fingerprint density at radius 1 is 1.41 bits per heavy atom. The molecule has 0 unspecified atom stereocenters. The molecule has 0 aliphatic carbocycles. The van der Waals surface area contributed by atoms with E-state index in [1.54, 1.807) is 18.2 Å². The molecule has 1 fully saturated rings. The molecule has 5 nitrogen and oxygen atoms in total. The van der Waals surface area contributed by atoms with Gasteiger partial charge in [0.15, 0.2) is 0 Å². The lowest BCUT2D eigenvalue weighted by Crippen LogP contribution is -2.45. The van der Waals surface area contributed by atoms with Gasteiger partial charge in [-0.15, -0.1) is 11.3 Å². The number of thiazole rings is 1. The number of nitrogens with one attached hydrogen (secondary N) is 2. The molecule has 2 N–H and O–H groups in total. The van der Waals surface area contributed by atoms with Crippen molar-refractivity contribution in [2.75, 3.05) is 13.1 Å². The standard InChI is InChI=1S/C15H19N3O2S2/c1-11-10-21-15(17-11)12-4-2-6-14(8-12)22(19,20)18-13-5-3-7-16-9-13/h2,4,6,8,10,13,16,18H,3,5,7,9H2,1H3/t13-/m0/s1. The highest BCUT2D eigenvalue weighted by Crippen LogP contribution is 2.25. The van der Waals surface area contributed by atoms with E-state index in [-0.39, 0.29) is 6.04 Å². The summed E-state index contributed by atoms with van der Waals surface area (Å²) in [6.07, 6.45) is 1.86. The smallest absolute Gasteiger partial charge is 0.240 e. The maximum atomic E-state index is 12.5. The largest absolute Gasteiger partial charge is 0.315 e. The van der Waals surface area contributed by atoms with Crippen LogP contribution in [0.1, 0.15) is 18.5 Å². The Morgan fingerprint density at radius 2 is 2.27 bits per heavy atom. The van der Waals surface area contributed by atoms with Gasteiger partial charge in [-0.25, -0.2) is 18.1 Å². The molecule has 2 aromatic rings. The Bertz CT molecular complexity index is 750. The lowest BCUT2D eigenvalue weighted by Gasteiger charge is -2.23. The molecule has 1 aliphatic rings. The summed E-state index contributed by atoms with van der Waals surface area (Å²) in [4.78, 5) is 4.71. The van der Waals surface area contributed by atoms with E-state index in [4.69, 9.17) is 0 Å². The molecular weight excluding hydrogens is 318 g/mol. The van der Waals surface area contributed by atoms with Crippen molar-refractivity contribution in [2.45, 2.75) is 30.7 Å². The van der Waals surface area contributed by atoms with E-state index in [9.17, 15) is 8.42 Å². The molecule has 1 atom stereocenters. The average Bonchev–Trinajstić information content (AvgIpc) is 2.95. The van der Waals surface area contributed by atoms with Crippen LogP contribution in [0.3, 0.4) is 0 Å². The summed E-state index contributed by atoms with van der Waals surface area (Å²) in [5.74, 6) is 0. The first-order valence-corrected chi connectivity index (χ1v) is 9.66. The molecule has 1 saturated heterocycles. The highest BCUT2D eigenvalue weighted by atomic mass is 32.2. The summed E-state index contributed by atoms with van der Waals surface area (Å²) in [7, 11) is -3.50. The predicted molar refractivity (Wildman–Crippen MR) is 88.5 cm³/mol. The second kappa shape index (κ2) is 6.45. The van der Waals surface area contributed by atoms with E-state index in [2.05, 4.69) is 15.0 Å². The maximum absolute atomic E-state index is 12.5. The molecule has 0 saturated carbocycles. The van der Waals surface area contributed by atoms with Gasteiger partial charge < -0.3 is 5.32 Å². The van der Waals surface area contributed by atoms with E-state index in [0.717, 1.165) is 35.7 Å². The number of nitrogens with zero attached hydrogens (tertiary/aromatic N) is 1. The van der Waals surface area contributed by atoms with Crippen LogP contribution >= 0.6 is 11.3 Å². The Labute approximate surface area is 134 Å². The monoisotopic (exact) mass is 337 g/mol. The highest BCUT2D eigenvalue weighted by Gasteiger charge is 2.22. The zero-order valence-electron chi connectivity index (χ0n) is 12.4. The Balaban J connectivity index is 1.84. The zero-order valence-corrected chi connectivity index (χ0v) is 14.0. The molecule has 1 aliphatic heterocycles. The molecule has 0 bridgehead atoms. The fourth-order valence-corrected chi connectivity index (χ4v) is 4.63. The van der Waals surface area contributed by atoms with Crippen molar-refractivity contribution in [1.82, 2.24) is 15.0 Å². The van der Waals surface area contributed by atoms with Crippen LogP contribution in [0.5, 0.6) is 0 Å². The van der Waals surface area contributed by atoms with Crippen molar-refractivity contribution in [3.05, 3.63) is 35.3 Å². The van der Waals surface area contributed by atoms with Gasteiger partial charge in [-0.3, -0.25) is 0 Å². The van der Waals surface area contributed by atoms with Gasteiger partial charge >= 0.3 is 0 Å².